The van der Waals surface area contributed by atoms with Crippen LogP contribution in [-0.4, -0.2) is 30.5 Å². The molecule has 0 amide bonds. The second-order valence-corrected chi connectivity index (χ2v) is 6.89. The Morgan fingerprint density at radius 3 is 2.19 bits per heavy atom. The molecular formula is C21H18F3NO6. The topological polar surface area (TPSA) is 83.1 Å². The summed E-state index contributed by atoms with van der Waals surface area (Å²) >= 11 is 0. The molecule has 0 radical (unpaired) electrons. The number of alkyl halides is 3. The first-order chi connectivity index (χ1) is 14.5. The van der Waals surface area contributed by atoms with Gasteiger partial charge in [-0.05, 0) is 12.1 Å². The Morgan fingerprint density at radius 1 is 0.968 bits per heavy atom. The smallest absolute Gasteiger partial charge is 0.422 e. The zero-order valence-corrected chi connectivity index (χ0v) is 16.5. The molecule has 1 saturated heterocycles. The third-order valence-electron chi connectivity index (χ3n) is 3.76. The number of hydrogen-bond donors (Lipinski definition) is 1. The molecular weight excluding hydrogens is 419 g/mol. The van der Waals surface area contributed by atoms with E-state index in [0.29, 0.717) is 5.75 Å². The summed E-state index contributed by atoms with van der Waals surface area (Å²) in [5.41, 5.74) is -0.213. The third kappa shape index (κ3) is 6.39. The van der Waals surface area contributed by atoms with Gasteiger partial charge in [0.15, 0.2) is 12.2 Å². The highest BCUT2D eigenvalue weighted by Gasteiger charge is 2.39. The van der Waals surface area contributed by atoms with Crippen molar-refractivity contribution in [2.75, 3.05) is 11.9 Å². The van der Waals surface area contributed by atoms with E-state index in [2.05, 4.69) is 5.32 Å². The highest BCUT2D eigenvalue weighted by atomic mass is 19.4. The van der Waals surface area contributed by atoms with Gasteiger partial charge in [-0.25, -0.2) is 9.59 Å². The Morgan fingerprint density at radius 2 is 1.58 bits per heavy atom. The van der Waals surface area contributed by atoms with E-state index in [9.17, 15) is 22.8 Å². The largest absolute Gasteiger partial charge is 0.484 e. The van der Waals surface area contributed by atoms with Crippen LogP contribution in [0.2, 0.25) is 0 Å². The molecule has 0 unspecified atom stereocenters. The van der Waals surface area contributed by atoms with Crippen molar-refractivity contribution in [3.8, 4) is 17.2 Å². The van der Waals surface area contributed by atoms with Crippen molar-refractivity contribution in [1.82, 2.24) is 0 Å². The fourth-order valence-electron chi connectivity index (χ4n) is 2.52. The number of ether oxygens (including phenoxy) is 4. The van der Waals surface area contributed by atoms with Crippen molar-refractivity contribution in [3.05, 3.63) is 60.3 Å². The molecule has 0 atom stereocenters. The number of nitrogens with one attached hydrogen (secondary N) is 1. The average Bonchev–Trinajstić information content (AvgIpc) is 2.65. The molecule has 1 aliphatic heterocycles. The van der Waals surface area contributed by atoms with Gasteiger partial charge in [-0.15, -0.1) is 0 Å². The second kappa shape index (κ2) is 8.58. The van der Waals surface area contributed by atoms with Gasteiger partial charge in [0.25, 0.3) is 5.79 Å². The molecule has 0 spiro atoms. The molecule has 0 aromatic heterocycles. The SMILES string of the molecule is CC1(C)OC(=O)C(=CNc2cc(OCC(F)(F)F)cc(Oc3ccccc3)c2)C(=O)O1. The predicted octanol–water partition coefficient (Wildman–Crippen LogP) is 4.55. The van der Waals surface area contributed by atoms with Gasteiger partial charge < -0.3 is 24.3 Å². The van der Waals surface area contributed by atoms with Crippen LogP contribution in [0.5, 0.6) is 17.2 Å². The number of anilines is 1. The van der Waals surface area contributed by atoms with Crippen molar-refractivity contribution in [2.45, 2.75) is 25.8 Å². The van der Waals surface area contributed by atoms with Crippen LogP contribution in [-0.2, 0) is 19.1 Å². The molecule has 0 saturated carbocycles. The van der Waals surface area contributed by atoms with Crippen LogP contribution < -0.4 is 14.8 Å². The van der Waals surface area contributed by atoms with Crippen molar-refractivity contribution in [2.24, 2.45) is 0 Å². The Balaban J connectivity index is 1.85. The summed E-state index contributed by atoms with van der Waals surface area (Å²) in [6, 6.07) is 12.5. The van der Waals surface area contributed by atoms with Crippen LogP contribution in [0.3, 0.4) is 0 Å². The van der Waals surface area contributed by atoms with Gasteiger partial charge in [-0.2, -0.15) is 13.2 Å². The Bertz CT molecular complexity index is 980. The molecule has 2 aromatic carbocycles. The highest BCUT2D eigenvalue weighted by Crippen LogP contribution is 2.31. The van der Waals surface area contributed by atoms with E-state index < -0.39 is 36.1 Å². The number of carbonyl (C=O) groups excluding carboxylic acids is 2. The lowest BCUT2D eigenvalue weighted by Crippen LogP contribution is -2.42. The van der Waals surface area contributed by atoms with E-state index in [1.165, 1.54) is 32.0 Å². The number of para-hydroxylation sites is 1. The highest BCUT2D eigenvalue weighted by molar-refractivity contribution is 6.15. The summed E-state index contributed by atoms with van der Waals surface area (Å²) < 4.78 is 58.1. The van der Waals surface area contributed by atoms with E-state index in [4.69, 9.17) is 18.9 Å². The number of esters is 2. The minimum Gasteiger partial charge on any atom is -0.484 e. The molecule has 164 valence electrons. The number of cyclic esters (lactones) is 2. The van der Waals surface area contributed by atoms with Crippen LogP contribution in [0.15, 0.2) is 60.3 Å². The van der Waals surface area contributed by atoms with E-state index >= 15 is 0 Å². The van der Waals surface area contributed by atoms with Crippen LogP contribution in [0.4, 0.5) is 18.9 Å². The molecule has 31 heavy (non-hydrogen) atoms. The summed E-state index contributed by atoms with van der Waals surface area (Å²) in [6.45, 7) is 1.30. The van der Waals surface area contributed by atoms with E-state index in [0.717, 1.165) is 6.20 Å². The molecule has 7 nitrogen and oxygen atoms in total. The number of carbonyl (C=O) groups is 2. The first-order valence-electron chi connectivity index (χ1n) is 9.02. The number of rotatable bonds is 6. The Kier molecular flexibility index (Phi) is 6.09. The Labute approximate surface area is 175 Å². The lowest BCUT2D eigenvalue weighted by Gasteiger charge is -2.29. The van der Waals surface area contributed by atoms with Gasteiger partial charge >= 0.3 is 18.1 Å². The Hall–Kier alpha value is -3.69. The molecule has 3 rings (SSSR count). The summed E-state index contributed by atoms with van der Waals surface area (Å²) in [6.07, 6.45) is -3.50. The maximum absolute atomic E-state index is 12.5. The zero-order valence-electron chi connectivity index (χ0n) is 16.5. The van der Waals surface area contributed by atoms with E-state index in [-0.39, 0.29) is 17.2 Å². The first kappa shape index (κ1) is 22.0. The monoisotopic (exact) mass is 437 g/mol. The first-order valence-corrected chi connectivity index (χ1v) is 9.02. The van der Waals surface area contributed by atoms with Crippen molar-refractivity contribution < 1.29 is 41.7 Å². The van der Waals surface area contributed by atoms with Gasteiger partial charge in [0.1, 0.15) is 17.2 Å². The second-order valence-electron chi connectivity index (χ2n) is 6.89. The zero-order chi connectivity index (χ0) is 22.6. The predicted molar refractivity (Wildman–Crippen MR) is 102 cm³/mol. The van der Waals surface area contributed by atoms with Crippen LogP contribution >= 0.6 is 0 Å². The normalized spacial score (nSPS) is 15.6. The fourth-order valence-corrected chi connectivity index (χ4v) is 2.52. The standard InChI is InChI=1S/C21H18F3NO6/c1-20(2)30-18(26)17(19(27)31-20)11-25-13-8-15(28-12-21(22,23)24)10-16(9-13)29-14-6-4-3-5-7-14/h3-11,25H,12H2,1-2H3. The summed E-state index contributed by atoms with van der Waals surface area (Å²) in [4.78, 5) is 24.0. The van der Waals surface area contributed by atoms with Crippen molar-refractivity contribution in [1.29, 1.82) is 0 Å². The lowest BCUT2D eigenvalue weighted by atomic mass is 10.2. The van der Waals surface area contributed by atoms with Gasteiger partial charge in [0.2, 0.25) is 0 Å². The van der Waals surface area contributed by atoms with Gasteiger partial charge in [0.05, 0.1) is 0 Å². The molecule has 0 aliphatic carbocycles. The van der Waals surface area contributed by atoms with E-state index in [1.54, 1.807) is 30.3 Å². The van der Waals surface area contributed by atoms with E-state index in [1.807, 2.05) is 0 Å². The molecule has 10 heteroatoms. The fraction of sp³-hybridized carbons (Fsp3) is 0.238. The van der Waals surface area contributed by atoms with Crippen molar-refractivity contribution >= 4 is 17.6 Å². The molecule has 2 aromatic rings. The quantitative estimate of drug-likeness (QED) is 0.403. The molecule has 1 heterocycles. The maximum atomic E-state index is 12.5. The maximum Gasteiger partial charge on any atom is 0.422 e. The molecule has 1 aliphatic rings. The summed E-state index contributed by atoms with van der Waals surface area (Å²) in [5, 5.41) is 2.66. The van der Waals surface area contributed by atoms with Crippen LogP contribution in [0, 0.1) is 0 Å². The summed E-state index contributed by atoms with van der Waals surface area (Å²) in [7, 11) is 0. The molecule has 1 N–H and O–H groups in total. The van der Waals surface area contributed by atoms with Gasteiger partial charge in [-0.1, -0.05) is 18.2 Å². The van der Waals surface area contributed by atoms with Crippen molar-refractivity contribution in [3.63, 3.8) is 0 Å². The number of benzene rings is 2. The third-order valence-corrected chi connectivity index (χ3v) is 3.76. The van der Waals surface area contributed by atoms with Gasteiger partial charge in [-0.3, -0.25) is 0 Å². The minimum absolute atomic E-state index is 0.137. The number of hydrogen-bond acceptors (Lipinski definition) is 7. The average molecular weight is 437 g/mol. The number of halogens is 3. The van der Waals surface area contributed by atoms with Crippen LogP contribution in [0.1, 0.15) is 13.8 Å². The summed E-state index contributed by atoms with van der Waals surface area (Å²) in [5.74, 6) is -2.73. The van der Waals surface area contributed by atoms with Gasteiger partial charge in [0, 0.05) is 43.9 Å². The minimum atomic E-state index is -4.53. The molecule has 0 bridgehead atoms. The lowest BCUT2D eigenvalue weighted by molar-refractivity contribution is -0.222. The van der Waals surface area contributed by atoms with Crippen LogP contribution in [0.25, 0.3) is 0 Å². The molecule has 1 fully saturated rings.